The first-order valence-corrected chi connectivity index (χ1v) is 6.38. The summed E-state index contributed by atoms with van der Waals surface area (Å²) in [7, 11) is 0. The van der Waals surface area contributed by atoms with E-state index in [1.54, 1.807) is 0 Å². The smallest absolute Gasteiger partial charge is 0.335 e. The van der Waals surface area contributed by atoms with Crippen molar-refractivity contribution in [3.8, 4) is 5.75 Å². The molecule has 0 radical (unpaired) electrons. The monoisotopic (exact) mass is 298 g/mol. The van der Waals surface area contributed by atoms with Gasteiger partial charge in [0.25, 0.3) is 0 Å². The van der Waals surface area contributed by atoms with Gasteiger partial charge >= 0.3 is 5.97 Å². The molecular formula is C16H10O6. The average Bonchev–Trinajstić information content (AvgIpc) is 2.50. The number of hydrogen-bond acceptors (Lipinski definition) is 5. The number of carboxylic acids is 1. The number of carbonyl (C=O) groups is 3. The predicted octanol–water partition coefficient (Wildman–Crippen LogP) is 1.36. The number of aliphatic hydroxyl groups excluding tert-OH is 1. The number of rotatable bonds is 2. The molecule has 0 saturated carbocycles. The van der Waals surface area contributed by atoms with Gasteiger partial charge in [-0.25, -0.2) is 4.79 Å². The number of carbonyl (C=O) groups excluding carboxylic acids is 2. The third-order valence-electron chi connectivity index (χ3n) is 3.62. The zero-order valence-electron chi connectivity index (χ0n) is 11.2. The molecule has 110 valence electrons. The summed E-state index contributed by atoms with van der Waals surface area (Å²) >= 11 is 0. The minimum Gasteiger partial charge on any atom is -0.507 e. The second-order valence-corrected chi connectivity index (χ2v) is 4.88. The lowest BCUT2D eigenvalue weighted by atomic mass is 9.80. The lowest BCUT2D eigenvalue weighted by Gasteiger charge is -2.20. The van der Waals surface area contributed by atoms with Crippen LogP contribution in [0.3, 0.4) is 0 Å². The molecule has 22 heavy (non-hydrogen) atoms. The normalized spacial score (nSPS) is 12.8. The van der Waals surface area contributed by atoms with E-state index >= 15 is 0 Å². The lowest BCUT2D eigenvalue weighted by Crippen LogP contribution is -2.23. The van der Waals surface area contributed by atoms with Crippen molar-refractivity contribution in [2.24, 2.45) is 0 Å². The van der Waals surface area contributed by atoms with Gasteiger partial charge in [0.15, 0.2) is 11.6 Å². The van der Waals surface area contributed by atoms with E-state index in [0.717, 1.165) is 12.1 Å². The molecule has 0 unspecified atom stereocenters. The molecule has 0 saturated heterocycles. The molecule has 6 nitrogen and oxygen atoms in total. The molecule has 0 aliphatic heterocycles. The molecule has 1 aliphatic rings. The summed E-state index contributed by atoms with van der Waals surface area (Å²) in [5, 5.41) is 28.3. The van der Waals surface area contributed by atoms with E-state index in [2.05, 4.69) is 0 Å². The predicted molar refractivity (Wildman–Crippen MR) is 74.3 cm³/mol. The molecule has 3 N–H and O–H groups in total. The van der Waals surface area contributed by atoms with Crippen LogP contribution < -0.4 is 0 Å². The molecule has 0 spiro atoms. The first kappa shape index (κ1) is 14.0. The number of benzene rings is 2. The van der Waals surface area contributed by atoms with E-state index in [1.807, 2.05) is 0 Å². The van der Waals surface area contributed by atoms with Crippen LogP contribution in [0.2, 0.25) is 0 Å². The van der Waals surface area contributed by atoms with E-state index in [9.17, 15) is 24.6 Å². The molecule has 3 rings (SSSR count). The van der Waals surface area contributed by atoms with Gasteiger partial charge in [0.05, 0.1) is 17.7 Å². The van der Waals surface area contributed by atoms with Crippen LogP contribution in [-0.4, -0.2) is 32.9 Å². The van der Waals surface area contributed by atoms with Gasteiger partial charge in [-0.05, 0) is 23.8 Å². The highest BCUT2D eigenvalue weighted by atomic mass is 16.4. The van der Waals surface area contributed by atoms with Crippen molar-refractivity contribution >= 4 is 17.5 Å². The Morgan fingerprint density at radius 3 is 2.36 bits per heavy atom. The first-order chi connectivity index (χ1) is 10.5. The Labute approximate surface area is 124 Å². The van der Waals surface area contributed by atoms with Crippen molar-refractivity contribution < 1.29 is 29.7 Å². The highest BCUT2D eigenvalue weighted by Crippen LogP contribution is 2.34. The number of aromatic carboxylic acids is 1. The maximum Gasteiger partial charge on any atom is 0.335 e. The Balaban J connectivity index is 2.37. The Hall–Kier alpha value is -2.99. The molecule has 0 bridgehead atoms. The summed E-state index contributed by atoms with van der Waals surface area (Å²) in [5.41, 5.74) is -0.394. The van der Waals surface area contributed by atoms with E-state index in [0.29, 0.717) is 0 Å². The van der Waals surface area contributed by atoms with Gasteiger partial charge in [-0.3, -0.25) is 9.59 Å². The lowest BCUT2D eigenvalue weighted by molar-refractivity contribution is 0.0696. The van der Waals surface area contributed by atoms with Crippen molar-refractivity contribution in [2.45, 2.75) is 6.61 Å². The van der Waals surface area contributed by atoms with Crippen molar-refractivity contribution in [1.82, 2.24) is 0 Å². The highest BCUT2D eigenvalue weighted by Gasteiger charge is 2.34. The minimum atomic E-state index is -1.26. The Kier molecular flexibility index (Phi) is 3.04. The number of fused-ring (bicyclic) bond motifs is 2. The maximum absolute atomic E-state index is 12.6. The molecule has 0 heterocycles. The summed E-state index contributed by atoms with van der Waals surface area (Å²) in [6, 6.07) is 6.38. The van der Waals surface area contributed by atoms with E-state index in [4.69, 9.17) is 5.11 Å². The molecule has 2 aromatic rings. The minimum absolute atomic E-state index is 0.0175. The zero-order chi connectivity index (χ0) is 16.0. The summed E-state index contributed by atoms with van der Waals surface area (Å²) in [6.45, 7) is -0.592. The molecule has 0 atom stereocenters. The second kappa shape index (κ2) is 4.78. The molecule has 0 amide bonds. The van der Waals surface area contributed by atoms with Crippen LogP contribution in [0.15, 0.2) is 30.3 Å². The average molecular weight is 298 g/mol. The zero-order valence-corrected chi connectivity index (χ0v) is 11.2. The largest absolute Gasteiger partial charge is 0.507 e. The van der Waals surface area contributed by atoms with Crippen LogP contribution in [0, 0.1) is 0 Å². The van der Waals surface area contributed by atoms with Crippen molar-refractivity contribution in [1.29, 1.82) is 0 Å². The van der Waals surface area contributed by atoms with Crippen LogP contribution in [0.25, 0.3) is 0 Å². The van der Waals surface area contributed by atoms with Crippen LogP contribution >= 0.6 is 0 Å². The number of hydrogen-bond donors (Lipinski definition) is 3. The van der Waals surface area contributed by atoms with Crippen molar-refractivity contribution in [3.05, 3.63) is 63.7 Å². The Morgan fingerprint density at radius 2 is 1.73 bits per heavy atom. The summed E-state index contributed by atoms with van der Waals surface area (Å²) in [5.74, 6) is -2.76. The fraction of sp³-hybridized carbons (Fsp3) is 0.0625. The number of aliphatic hydroxyl groups is 1. The SMILES string of the molecule is O=C(O)c1cc(CO)c2c(c1)C(=O)c1cccc(O)c1C2=O. The fourth-order valence-corrected chi connectivity index (χ4v) is 2.64. The first-order valence-electron chi connectivity index (χ1n) is 6.38. The topological polar surface area (TPSA) is 112 Å². The number of ketones is 2. The van der Waals surface area contributed by atoms with Gasteiger partial charge in [0.2, 0.25) is 0 Å². The molecule has 0 fully saturated rings. The Morgan fingerprint density at radius 1 is 1.00 bits per heavy atom. The van der Waals surface area contributed by atoms with E-state index in [1.165, 1.54) is 18.2 Å². The van der Waals surface area contributed by atoms with Gasteiger partial charge in [-0.1, -0.05) is 12.1 Å². The molecule has 0 aromatic heterocycles. The van der Waals surface area contributed by atoms with Crippen molar-refractivity contribution in [3.63, 3.8) is 0 Å². The van der Waals surface area contributed by atoms with Crippen LogP contribution in [-0.2, 0) is 6.61 Å². The quantitative estimate of drug-likeness (QED) is 0.658. The summed E-state index contributed by atoms with van der Waals surface area (Å²) in [6.07, 6.45) is 0. The third-order valence-corrected chi connectivity index (χ3v) is 3.62. The maximum atomic E-state index is 12.6. The molecular weight excluding hydrogens is 288 g/mol. The Bertz CT molecular complexity index is 850. The second-order valence-electron chi connectivity index (χ2n) is 4.88. The third kappa shape index (κ3) is 1.82. The van der Waals surface area contributed by atoms with Gasteiger partial charge in [0.1, 0.15) is 5.75 Å². The number of carboxylic acid groups (broad SMARTS) is 1. The van der Waals surface area contributed by atoms with Crippen LogP contribution in [0.1, 0.15) is 47.8 Å². The number of phenols is 1. The van der Waals surface area contributed by atoms with E-state index in [-0.39, 0.29) is 39.1 Å². The van der Waals surface area contributed by atoms with E-state index < -0.39 is 24.1 Å². The standard InChI is InChI=1S/C16H10O6/c17-6-8-4-7(16(21)22)5-10-12(8)15(20)13-9(14(10)19)2-1-3-11(13)18/h1-5,17-18H,6H2,(H,21,22). The molecule has 2 aromatic carbocycles. The molecule has 6 heteroatoms. The van der Waals surface area contributed by atoms with Crippen LogP contribution in [0.5, 0.6) is 5.75 Å². The van der Waals surface area contributed by atoms with Gasteiger partial charge in [0, 0.05) is 16.7 Å². The number of aromatic hydroxyl groups is 1. The van der Waals surface area contributed by atoms with Gasteiger partial charge < -0.3 is 15.3 Å². The fourth-order valence-electron chi connectivity index (χ4n) is 2.64. The van der Waals surface area contributed by atoms with Crippen molar-refractivity contribution in [2.75, 3.05) is 0 Å². The van der Waals surface area contributed by atoms with Crippen LogP contribution in [0.4, 0.5) is 0 Å². The number of phenolic OH excluding ortho intramolecular Hbond substituents is 1. The summed E-state index contributed by atoms with van der Waals surface area (Å²) in [4.78, 5) is 36.2. The van der Waals surface area contributed by atoms with Gasteiger partial charge in [-0.2, -0.15) is 0 Å². The molecule has 1 aliphatic carbocycles. The highest BCUT2D eigenvalue weighted by molar-refractivity contribution is 6.30. The summed E-state index contributed by atoms with van der Waals surface area (Å²) < 4.78 is 0. The van der Waals surface area contributed by atoms with Gasteiger partial charge in [-0.15, -0.1) is 0 Å².